The van der Waals surface area contributed by atoms with E-state index in [1.54, 1.807) is 4.90 Å². The number of nitriles is 2. The monoisotopic (exact) mass is 337 g/mol. The van der Waals surface area contributed by atoms with Gasteiger partial charge >= 0.3 is 0 Å². The number of carbonyl (C=O) groups is 1. The number of amides is 1. The van der Waals surface area contributed by atoms with Gasteiger partial charge < -0.3 is 10.6 Å². The Morgan fingerprint density at radius 3 is 2.50 bits per heavy atom. The maximum Gasteiger partial charge on any atom is 0.237 e. The number of pyridine rings is 1. The minimum atomic E-state index is -0.0951. The standard InChI is InChI=1S/C17H15N5OS/c1-2-22(14-6-4-3-5-7-14)15(23)11-24-17-13(10-19)8-12(9-18)16(20)21-17/h3-8H,2,11H2,1H3,(H2,20,21). The third kappa shape index (κ3) is 3.83. The molecule has 0 unspecified atom stereocenters. The van der Waals surface area contributed by atoms with Gasteiger partial charge in [0.2, 0.25) is 5.91 Å². The summed E-state index contributed by atoms with van der Waals surface area (Å²) < 4.78 is 0. The molecule has 2 aromatic rings. The lowest BCUT2D eigenvalue weighted by atomic mass is 10.2. The molecule has 0 aliphatic heterocycles. The van der Waals surface area contributed by atoms with Crippen LogP contribution in [0.5, 0.6) is 0 Å². The van der Waals surface area contributed by atoms with Crippen LogP contribution < -0.4 is 10.6 Å². The molecular formula is C17H15N5OS. The Labute approximate surface area is 144 Å². The van der Waals surface area contributed by atoms with Gasteiger partial charge in [-0.05, 0) is 25.1 Å². The van der Waals surface area contributed by atoms with Crippen molar-refractivity contribution >= 4 is 29.2 Å². The van der Waals surface area contributed by atoms with E-state index in [0.717, 1.165) is 17.4 Å². The molecule has 2 rings (SSSR count). The number of carbonyl (C=O) groups excluding carboxylic acids is 1. The van der Waals surface area contributed by atoms with E-state index in [0.29, 0.717) is 11.6 Å². The van der Waals surface area contributed by atoms with Gasteiger partial charge in [-0.25, -0.2) is 4.98 Å². The molecule has 0 aliphatic carbocycles. The molecule has 0 radical (unpaired) electrons. The topological polar surface area (TPSA) is 107 Å². The molecule has 0 saturated heterocycles. The van der Waals surface area contributed by atoms with Gasteiger partial charge in [0, 0.05) is 12.2 Å². The quantitative estimate of drug-likeness (QED) is 0.840. The van der Waals surface area contributed by atoms with Crippen LogP contribution in [0, 0.1) is 22.7 Å². The molecule has 0 aliphatic rings. The SMILES string of the molecule is CCN(C(=O)CSc1nc(N)c(C#N)cc1C#N)c1ccccc1. The number of aromatic nitrogens is 1. The van der Waals surface area contributed by atoms with Gasteiger partial charge in [0.1, 0.15) is 23.0 Å². The van der Waals surface area contributed by atoms with E-state index in [9.17, 15) is 10.1 Å². The lowest BCUT2D eigenvalue weighted by Gasteiger charge is -2.20. The van der Waals surface area contributed by atoms with E-state index in [1.165, 1.54) is 6.07 Å². The van der Waals surface area contributed by atoms with E-state index in [2.05, 4.69) is 4.98 Å². The zero-order valence-corrected chi connectivity index (χ0v) is 13.9. The van der Waals surface area contributed by atoms with Crippen molar-refractivity contribution in [2.75, 3.05) is 22.9 Å². The molecular weight excluding hydrogens is 322 g/mol. The summed E-state index contributed by atoms with van der Waals surface area (Å²) in [6.45, 7) is 2.44. The first-order valence-electron chi connectivity index (χ1n) is 7.19. The van der Waals surface area contributed by atoms with Crippen LogP contribution in [0.2, 0.25) is 0 Å². The van der Waals surface area contributed by atoms with Crippen molar-refractivity contribution in [1.82, 2.24) is 4.98 Å². The summed E-state index contributed by atoms with van der Waals surface area (Å²) in [4.78, 5) is 18.2. The van der Waals surface area contributed by atoms with Crippen LogP contribution in [0.1, 0.15) is 18.1 Å². The highest BCUT2D eigenvalue weighted by Gasteiger charge is 2.16. The largest absolute Gasteiger partial charge is 0.383 e. The highest BCUT2D eigenvalue weighted by Crippen LogP contribution is 2.25. The summed E-state index contributed by atoms with van der Waals surface area (Å²) in [5, 5.41) is 18.5. The van der Waals surface area contributed by atoms with E-state index in [4.69, 9.17) is 11.0 Å². The fourth-order valence-corrected chi connectivity index (χ4v) is 2.95. The van der Waals surface area contributed by atoms with Gasteiger partial charge in [-0.2, -0.15) is 10.5 Å². The first-order chi connectivity index (χ1) is 11.6. The number of rotatable bonds is 5. The molecule has 2 N–H and O–H groups in total. The third-order valence-corrected chi connectivity index (χ3v) is 4.25. The highest BCUT2D eigenvalue weighted by molar-refractivity contribution is 8.00. The highest BCUT2D eigenvalue weighted by atomic mass is 32.2. The summed E-state index contributed by atoms with van der Waals surface area (Å²) in [6, 6.07) is 14.6. The summed E-state index contributed by atoms with van der Waals surface area (Å²) in [7, 11) is 0. The van der Waals surface area contributed by atoms with Gasteiger partial charge in [0.05, 0.1) is 16.9 Å². The molecule has 0 spiro atoms. The van der Waals surface area contributed by atoms with Crippen LogP contribution >= 0.6 is 11.8 Å². The van der Waals surface area contributed by atoms with Gasteiger partial charge in [-0.3, -0.25) is 4.79 Å². The maximum absolute atomic E-state index is 12.5. The van der Waals surface area contributed by atoms with Crippen LogP contribution in [0.4, 0.5) is 11.5 Å². The second kappa shape index (κ2) is 8.00. The Bertz CT molecular complexity index is 823. The Balaban J connectivity index is 2.16. The Morgan fingerprint density at radius 1 is 1.25 bits per heavy atom. The summed E-state index contributed by atoms with van der Waals surface area (Å²) in [5.41, 5.74) is 6.90. The number of hydrogen-bond acceptors (Lipinski definition) is 6. The number of nitrogens with zero attached hydrogens (tertiary/aromatic N) is 4. The molecule has 24 heavy (non-hydrogen) atoms. The fraction of sp³-hybridized carbons (Fsp3) is 0.176. The molecule has 120 valence electrons. The predicted molar refractivity (Wildman–Crippen MR) is 93.3 cm³/mol. The average Bonchev–Trinajstić information content (AvgIpc) is 2.61. The number of anilines is 2. The Kier molecular flexibility index (Phi) is 5.78. The van der Waals surface area contributed by atoms with E-state index in [-0.39, 0.29) is 28.6 Å². The number of thioether (sulfide) groups is 1. The molecule has 0 fully saturated rings. The number of hydrogen-bond donors (Lipinski definition) is 1. The zero-order valence-electron chi connectivity index (χ0n) is 13.1. The molecule has 0 bridgehead atoms. The Hall–Kier alpha value is -3.03. The van der Waals surface area contributed by atoms with Crippen molar-refractivity contribution in [3.05, 3.63) is 47.5 Å². The number of para-hydroxylation sites is 1. The fourth-order valence-electron chi connectivity index (χ4n) is 2.11. The number of benzene rings is 1. The van der Waals surface area contributed by atoms with E-state index >= 15 is 0 Å². The summed E-state index contributed by atoms with van der Waals surface area (Å²) in [5.74, 6) is 0.0830. The molecule has 0 atom stereocenters. The van der Waals surface area contributed by atoms with Crippen LogP contribution in [0.3, 0.4) is 0 Å². The summed E-state index contributed by atoms with van der Waals surface area (Å²) >= 11 is 1.14. The smallest absolute Gasteiger partial charge is 0.237 e. The second-order valence-electron chi connectivity index (χ2n) is 4.76. The predicted octanol–water partition coefficient (Wildman–Crippen LogP) is 2.55. The minimum Gasteiger partial charge on any atom is -0.383 e. The normalized spacial score (nSPS) is 9.79. The summed E-state index contributed by atoms with van der Waals surface area (Å²) in [6.07, 6.45) is 0. The van der Waals surface area contributed by atoms with Crippen molar-refractivity contribution in [3.63, 3.8) is 0 Å². The van der Waals surface area contributed by atoms with Gasteiger partial charge in [0.15, 0.2) is 0 Å². The van der Waals surface area contributed by atoms with E-state index in [1.807, 2.05) is 49.4 Å². The van der Waals surface area contributed by atoms with Crippen LogP contribution in [0.25, 0.3) is 0 Å². The van der Waals surface area contributed by atoms with Crippen molar-refractivity contribution < 1.29 is 4.79 Å². The third-order valence-electron chi connectivity index (χ3n) is 3.28. The van der Waals surface area contributed by atoms with Crippen LogP contribution in [-0.4, -0.2) is 23.2 Å². The molecule has 1 amide bonds. The number of nitrogen functional groups attached to an aromatic ring is 1. The van der Waals surface area contributed by atoms with Crippen molar-refractivity contribution in [2.45, 2.75) is 11.9 Å². The van der Waals surface area contributed by atoms with Crippen molar-refractivity contribution in [3.8, 4) is 12.1 Å². The zero-order chi connectivity index (χ0) is 17.5. The molecule has 1 aromatic carbocycles. The lowest BCUT2D eigenvalue weighted by Crippen LogP contribution is -2.32. The molecule has 1 heterocycles. The molecule has 0 saturated carbocycles. The molecule has 7 heteroatoms. The Morgan fingerprint density at radius 2 is 1.92 bits per heavy atom. The van der Waals surface area contributed by atoms with E-state index < -0.39 is 0 Å². The second-order valence-corrected chi connectivity index (χ2v) is 5.72. The van der Waals surface area contributed by atoms with Gasteiger partial charge in [0.25, 0.3) is 0 Å². The average molecular weight is 337 g/mol. The van der Waals surface area contributed by atoms with Gasteiger partial charge in [-0.1, -0.05) is 30.0 Å². The van der Waals surface area contributed by atoms with Crippen LogP contribution in [0.15, 0.2) is 41.4 Å². The first kappa shape index (κ1) is 17.3. The molecule has 6 nitrogen and oxygen atoms in total. The first-order valence-corrected chi connectivity index (χ1v) is 8.18. The van der Waals surface area contributed by atoms with Crippen molar-refractivity contribution in [2.24, 2.45) is 0 Å². The van der Waals surface area contributed by atoms with Crippen molar-refractivity contribution in [1.29, 1.82) is 10.5 Å². The molecule has 1 aromatic heterocycles. The minimum absolute atomic E-state index is 0.0573. The maximum atomic E-state index is 12.5. The van der Waals surface area contributed by atoms with Gasteiger partial charge in [-0.15, -0.1) is 0 Å². The lowest BCUT2D eigenvalue weighted by molar-refractivity contribution is -0.116. The number of nitrogens with two attached hydrogens (primary N) is 1. The van der Waals surface area contributed by atoms with Crippen LogP contribution in [-0.2, 0) is 4.79 Å².